The molecule has 2 aromatic rings. The van der Waals surface area contributed by atoms with Gasteiger partial charge in [0.25, 0.3) is 0 Å². The SMILES string of the molecule is COc1ccccc1CC(=O)c1cccc(C)c1C. The summed E-state index contributed by atoms with van der Waals surface area (Å²) in [6.07, 6.45) is 0.369. The van der Waals surface area contributed by atoms with E-state index in [1.54, 1.807) is 7.11 Å². The van der Waals surface area contributed by atoms with Gasteiger partial charge < -0.3 is 4.74 Å². The van der Waals surface area contributed by atoms with Gasteiger partial charge >= 0.3 is 0 Å². The number of aryl methyl sites for hydroxylation is 1. The highest BCUT2D eigenvalue weighted by Gasteiger charge is 2.13. The van der Waals surface area contributed by atoms with Gasteiger partial charge in [-0.25, -0.2) is 0 Å². The van der Waals surface area contributed by atoms with Gasteiger partial charge in [-0.15, -0.1) is 0 Å². The van der Waals surface area contributed by atoms with Crippen LogP contribution in [0.2, 0.25) is 0 Å². The number of rotatable bonds is 4. The molecule has 0 bridgehead atoms. The number of para-hydroxylation sites is 1. The van der Waals surface area contributed by atoms with Gasteiger partial charge in [0.1, 0.15) is 5.75 Å². The van der Waals surface area contributed by atoms with E-state index in [9.17, 15) is 4.79 Å². The number of benzene rings is 2. The second-order valence-electron chi connectivity index (χ2n) is 4.66. The Morgan fingerprint density at radius 1 is 1.05 bits per heavy atom. The minimum Gasteiger partial charge on any atom is -0.496 e. The van der Waals surface area contributed by atoms with E-state index in [1.165, 1.54) is 0 Å². The average molecular weight is 254 g/mol. The van der Waals surface area contributed by atoms with Crippen LogP contribution in [0.25, 0.3) is 0 Å². The predicted molar refractivity (Wildman–Crippen MR) is 76.9 cm³/mol. The quantitative estimate of drug-likeness (QED) is 0.777. The first kappa shape index (κ1) is 13.3. The van der Waals surface area contributed by atoms with Gasteiger partial charge in [-0.1, -0.05) is 36.4 Å². The number of hydrogen-bond donors (Lipinski definition) is 0. The Morgan fingerprint density at radius 3 is 2.53 bits per heavy atom. The largest absolute Gasteiger partial charge is 0.496 e. The minimum atomic E-state index is 0.130. The highest BCUT2D eigenvalue weighted by Crippen LogP contribution is 2.21. The molecule has 0 saturated carbocycles. The first-order chi connectivity index (χ1) is 9.13. The van der Waals surface area contributed by atoms with E-state index >= 15 is 0 Å². The van der Waals surface area contributed by atoms with Crippen LogP contribution in [0.3, 0.4) is 0 Å². The van der Waals surface area contributed by atoms with Crippen molar-refractivity contribution < 1.29 is 9.53 Å². The van der Waals surface area contributed by atoms with Crippen molar-refractivity contribution >= 4 is 5.78 Å². The van der Waals surface area contributed by atoms with Crippen molar-refractivity contribution in [2.45, 2.75) is 20.3 Å². The van der Waals surface area contributed by atoms with Gasteiger partial charge in [-0.2, -0.15) is 0 Å². The standard InChI is InChI=1S/C17H18O2/c1-12-7-6-9-15(13(12)2)16(18)11-14-8-4-5-10-17(14)19-3/h4-10H,11H2,1-3H3. The summed E-state index contributed by atoms with van der Waals surface area (Å²) in [4.78, 5) is 12.4. The molecule has 2 nitrogen and oxygen atoms in total. The molecule has 0 aliphatic heterocycles. The maximum Gasteiger partial charge on any atom is 0.167 e. The highest BCUT2D eigenvalue weighted by atomic mass is 16.5. The van der Waals surface area contributed by atoms with Crippen LogP contribution in [0, 0.1) is 13.8 Å². The zero-order valence-corrected chi connectivity index (χ0v) is 11.6. The Morgan fingerprint density at radius 2 is 1.79 bits per heavy atom. The van der Waals surface area contributed by atoms with E-state index in [1.807, 2.05) is 56.3 Å². The smallest absolute Gasteiger partial charge is 0.167 e. The second kappa shape index (κ2) is 5.70. The van der Waals surface area contributed by atoms with Crippen molar-refractivity contribution in [2.24, 2.45) is 0 Å². The molecule has 0 fully saturated rings. The lowest BCUT2D eigenvalue weighted by atomic mass is 9.96. The average Bonchev–Trinajstić information content (AvgIpc) is 2.42. The maximum absolute atomic E-state index is 12.4. The predicted octanol–water partition coefficient (Wildman–Crippen LogP) is 3.74. The van der Waals surface area contributed by atoms with Gasteiger partial charge in [0.15, 0.2) is 5.78 Å². The van der Waals surface area contributed by atoms with Crippen LogP contribution < -0.4 is 4.74 Å². The molecule has 0 aliphatic carbocycles. The summed E-state index contributed by atoms with van der Waals surface area (Å²) >= 11 is 0. The molecule has 0 amide bonds. The minimum absolute atomic E-state index is 0.130. The summed E-state index contributed by atoms with van der Waals surface area (Å²) in [6, 6.07) is 13.5. The summed E-state index contributed by atoms with van der Waals surface area (Å²) < 4.78 is 5.28. The van der Waals surface area contributed by atoms with E-state index in [2.05, 4.69) is 0 Å². The number of hydrogen-bond acceptors (Lipinski definition) is 2. The van der Waals surface area contributed by atoms with Crippen LogP contribution in [0.5, 0.6) is 5.75 Å². The van der Waals surface area contributed by atoms with Gasteiger partial charge in [0.2, 0.25) is 0 Å². The van der Waals surface area contributed by atoms with Gasteiger partial charge in [-0.3, -0.25) is 4.79 Å². The van der Waals surface area contributed by atoms with E-state index in [0.29, 0.717) is 6.42 Å². The molecule has 0 N–H and O–H groups in total. The first-order valence-electron chi connectivity index (χ1n) is 6.34. The molecule has 0 unspecified atom stereocenters. The summed E-state index contributed by atoms with van der Waals surface area (Å²) in [6.45, 7) is 4.01. The molecular formula is C17H18O2. The molecule has 2 rings (SSSR count). The molecule has 0 aromatic heterocycles. The number of carbonyl (C=O) groups excluding carboxylic acids is 1. The Balaban J connectivity index is 2.28. The van der Waals surface area contributed by atoms with Crippen molar-refractivity contribution in [3.05, 3.63) is 64.7 Å². The van der Waals surface area contributed by atoms with Crippen molar-refractivity contribution in [1.29, 1.82) is 0 Å². The summed E-state index contributed by atoms with van der Waals surface area (Å²) in [5, 5.41) is 0. The molecule has 2 heteroatoms. The van der Waals surface area contributed by atoms with Gasteiger partial charge in [0.05, 0.1) is 7.11 Å². The molecule has 0 spiro atoms. The number of Topliss-reactive ketones (excluding diaryl/α,β-unsaturated/α-hetero) is 1. The fourth-order valence-corrected chi connectivity index (χ4v) is 2.17. The lowest BCUT2D eigenvalue weighted by molar-refractivity contribution is 0.0991. The molecular weight excluding hydrogens is 236 g/mol. The van der Waals surface area contributed by atoms with Crippen LogP contribution in [-0.4, -0.2) is 12.9 Å². The van der Waals surface area contributed by atoms with Gasteiger partial charge in [-0.05, 0) is 31.0 Å². The van der Waals surface area contributed by atoms with E-state index in [4.69, 9.17) is 4.74 Å². The van der Waals surface area contributed by atoms with Crippen molar-refractivity contribution in [3.8, 4) is 5.75 Å². The molecule has 0 radical (unpaired) electrons. The van der Waals surface area contributed by atoms with Crippen LogP contribution in [0.15, 0.2) is 42.5 Å². The van der Waals surface area contributed by atoms with Crippen LogP contribution in [-0.2, 0) is 6.42 Å². The Hall–Kier alpha value is -2.09. The summed E-state index contributed by atoms with van der Waals surface area (Å²) in [7, 11) is 1.63. The van der Waals surface area contributed by atoms with Crippen molar-refractivity contribution in [1.82, 2.24) is 0 Å². The lowest BCUT2D eigenvalue weighted by Crippen LogP contribution is -2.07. The van der Waals surface area contributed by atoms with Crippen molar-refractivity contribution in [2.75, 3.05) is 7.11 Å². The zero-order chi connectivity index (χ0) is 13.8. The van der Waals surface area contributed by atoms with Crippen LogP contribution in [0.4, 0.5) is 0 Å². The molecule has 2 aromatic carbocycles. The normalized spacial score (nSPS) is 10.3. The first-order valence-corrected chi connectivity index (χ1v) is 6.34. The van der Waals surface area contributed by atoms with Crippen LogP contribution >= 0.6 is 0 Å². The second-order valence-corrected chi connectivity index (χ2v) is 4.66. The lowest BCUT2D eigenvalue weighted by Gasteiger charge is -2.10. The third kappa shape index (κ3) is 2.84. The Bertz CT molecular complexity index is 600. The fraction of sp³-hybridized carbons (Fsp3) is 0.235. The molecule has 98 valence electrons. The van der Waals surface area contributed by atoms with E-state index < -0.39 is 0 Å². The topological polar surface area (TPSA) is 26.3 Å². The monoisotopic (exact) mass is 254 g/mol. The molecule has 0 saturated heterocycles. The fourth-order valence-electron chi connectivity index (χ4n) is 2.17. The van der Waals surface area contributed by atoms with E-state index in [0.717, 1.165) is 28.0 Å². The van der Waals surface area contributed by atoms with E-state index in [-0.39, 0.29) is 5.78 Å². The Kier molecular flexibility index (Phi) is 4.00. The number of ketones is 1. The number of ether oxygens (including phenoxy) is 1. The molecule has 0 heterocycles. The third-order valence-electron chi connectivity index (χ3n) is 3.45. The number of methoxy groups -OCH3 is 1. The highest BCUT2D eigenvalue weighted by molar-refractivity contribution is 5.99. The van der Waals surface area contributed by atoms with Gasteiger partial charge in [0, 0.05) is 17.5 Å². The third-order valence-corrected chi connectivity index (χ3v) is 3.45. The summed E-state index contributed by atoms with van der Waals surface area (Å²) in [5.74, 6) is 0.895. The maximum atomic E-state index is 12.4. The number of carbonyl (C=O) groups is 1. The Labute approximate surface area is 114 Å². The molecule has 0 aliphatic rings. The molecule has 0 atom stereocenters. The zero-order valence-electron chi connectivity index (χ0n) is 11.6. The van der Waals surface area contributed by atoms with Crippen LogP contribution in [0.1, 0.15) is 27.0 Å². The van der Waals surface area contributed by atoms with Crippen molar-refractivity contribution in [3.63, 3.8) is 0 Å². The summed E-state index contributed by atoms with van der Waals surface area (Å²) in [5.41, 5.74) is 3.93. The molecule has 19 heavy (non-hydrogen) atoms.